The van der Waals surface area contributed by atoms with Crippen molar-refractivity contribution in [3.05, 3.63) is 47.3 Å². The lowest BCUT2D eigenvalue weighted by molar-refractivity contribution is -0.137. The van der Waals surface area contributed by atoms with Crippen molar-refractivity contribution in [2.75, 3.05) is 0 Å². The molecule has 0 aliphatic carbocycles. The van der Waals surface area contributed by atoms with Crippen molar-refractivity contribution in [2.45, 2.75) is 19.3 Å². The molecule has 1 heterocycles. The Morgan fingerprint density at radius 3 is 2.53 bits per heavy atom. The van der Waals surface area contributed by atoms with Gasteiger partial charge in [-0.25, -0.2) is 0 Å². The molecule has 88 valence electrons. The number of hydrogen-bond donors (Lipinski definition) is 1. The predicted molar refractivity (Wildman–Crippen MR) is 70.4 cm³/mol. The molecular weight excluding hydrogens is 232 g/mol. The highest BCUT2D eigenvalue weighted by molar-refractivity contribution is 7.13. The monoisotopic (exact) mass is 246 g/mol. The number of carboxylic acids is 1. The van der Waals surface area contributed by atoms with Crippen LogP contribution in [0.25, 0.3) is 10.4 Å². The van der Waals surface area contributed by atoms with E-state index in [0.29, 0.717) is 0 Å². The van der Waals surface area contributed by atoms with Gasteiger partial charge in [-0.1, -0.05) is 37.3 Å². The quantitative estimate of drug-likeness (QED) is 0.885. The minimum atomic E-state index is -0.750. The zero-order valence-electron chi connectivity index (χ0n) is 9.59. The molecule has 0 saturated carbocycles. The van der Waals surface area contributed by atoms with E-state index in [4.69, 9.17) is 5.11 Å². The van der Waals surface area contributed by atoms with Crippen molar-refractivity contribution in [3.63, 3.8) is 0 Å². The van der Waals surface area contributed by atoms with Crippen LogP contribution in [0.15, 0.2) is 41.8 Å². The van der Waals surface area contributed by atoms with Gasteiger partial charge in [0, 0.05) is 4.88 Å². The summed E-state index contributed by atoms with van der Waals surface area (Å²) >= 11 is 1.71. The van der Waals surface area contributed by atoms with E-state index in [-0.39, 0.29) is 12.3 Å². The molecule has 17 heavy (non-hydrogen) atoms. The lowest BCUT2D eigenvalue weighted by atomic mass is 9.97. The van der Waals surface area contributed by atoms with E-state index in [1.54, 1.807) is 11.3 Å². The first-order chi connectivity index (χ1) is 8.16. The van der Waals surface area contributed by atoms with Crippen molar-refractivity contribution >= 4 is 17.3 Å². The molecule has 2 rings (SSSR count). The van der Waals surface area contributed by atoms with E-state index in [1.165, 1.54) is 10.4 Å². The molecule has 0 aliphatic heterocycles. The molecule has 1 aromatic carbocycles. The number of carbonyl (C=O) groups is 1. The van der Waals surface area contributed by atoms with Crippen LogP contribution in [0.1, 0.15) is 24.8 Å². The van der Waals surface area contributed by atoms with E-state index in [1.807, 2.05) is 25.1 Å². The molecule has 1 unspecified atom stereocenters. The molecule has 0 radical (unpaired) electrons. The van der Waals surface area contributed by atoms with E-state index in [0.717, 1.165) is 5.56 Å². The van der Waals surface area contributed by atoms with Gasteiger partial charge in [-0.2, -0.15) is 0 Å². The van der Waals surface area contributed by atoms with Crippen molar-refractivity contribution < 1.29 is 9.90 Å². The summed E-state index contributed by atoms with van der Waals surface area (Å²) in [6.45, 7) is 1.94. The Morgan fingerprint density at radius 2 is 2.00 bits per heavy atom. The third-order valence-corrected chi connectivity index (χ3v) is 3.69. The van der Waals surface area contributed by atoms with Gasteiger partial charge >= 0.3 is 5.97 Å². The van der Waals surface area contributed by atoms with E-state index in [9.17, 15) is 4.79 Å². The van der Waals surface area contributed by atoms with E-state index < -0.39 is 5.97 Å². The third-order valence-electron chi connectivity index (χ3n) is 2.77. The molecule has 1 N–H and O–H groups in total. The lowest BCUT2D eigenvalue weighted by Gasteiger charge is -2.09. The molecule has 1 atom stereocenters. The first kappa shape index (κ1) is 11.9. The summed E-state index contributed by atoms with van der Waals surface area (Å²) in [6.07, 6.45) is 0.179. The van der Waals surface area contributed by atoms with Gasteiger partial charge in [-0.05, 0) is 28.5 Å². The van der Waals surface area contributed by atoms with Gasteiger partial charge in [0.05, 0.1) is 6.42 Å². The Kier molecular flexibility index (Phi) is 3.59. The van der Waals surface area contributed by atoms with Crippen molar-refractivity contribution in [3.8, 4) is 10.4 Å². The maximum atomic E-state index is 10.6. The first-order valence-electron chi connectivity index (χ1n) is 5.52. The Bertz CT molecular complexity index is 485. The Balaban J connectivity index is 2.15. The number of thiophene rings is 1. The van der Waals surface area contributed by atoms with Gasteiger partial charge in [0.25, 0.3) is 0 Å². The van der Waals surface area contributed by atoms with Crippen LogP contribution >= 0.6 is 11.3 Å². The number of aliphatic carboxylic acids is 1. The zero-order chi connectivity index (χ0) is 12.3. The fraction of sp³-hybridized carbons (Fsp3) is 0.214. The van der Waals surface area contributed by atoms with Crippen molar-refractivity contribution in [1.29, 1.82) is 0 Å². The molecule has 3 heteroatoms. The van der Waals surface area contributed by atoms with Gasteiger partial charge in [0.2, 0.25) is 0 Å². The molecular formula is C14H14O2S. The van der Waals surface area contributed by atoms with Crippen molar-refractivity contribution in [1.82, 2.24) is 0 Å². The average Bonchev–Trinajstić information content (AvgIpc) is 2.82. The van der Waals surface area contributed by atoms with Crippen LogP contribution in [0, 0.1) is 0 Å². The van der Waals surface area contributed by atoms with Gasteiger partial charge < -0.3 is 5.11 Å². The molecule has 0 fully saturated rings. The third kappa shape index (κ3) is 2.94. The summed E-state index contributed by atoms with van der Waals surface area (Å²) in [5.74, 6) is -0.690. The van der Waals surface area contributed by atoms with Crippen LogP contribution in [0.5, 0.6) is 0 Å². The summed E-state index contributed by atoms with van der Waals surface area (Å²) in [4.78, 5) is 11.9. The standard InChI is InChI=1S/C14H14O2S/c1-10(9-14(15)16)11-4-6-12(7-5-11)13-3-2-8-17-13/h2-8,10H,9H2,1H3,(H,15,16). The SMILES string of the molecule is CC(CC(=O)O)c1ccc(-c2cccs2)cc1. The minimum absolute atomic E-state index is 0.0601. The van der Waals surface area contributed by atoms with E-state index in [2.05, 4.69) is 23.6 Å². The predicted octanol–water partition coefficient (Wildman–Crippen LogP) is 3.99. The first-order valence-corrected chi connectivity index (χ1v) is 6.40. The number of carboxylic acid groups (broad SMARTS) is 1. The summed E-state index contributed by atoms with van der Waals surface area (Å²) in [6, 6.07) is 12.3. The highest BCUT2D eigenvalue weighted by Crippen LogP contribution is 2.27. The lowest BCUT2D eigenvalue weighted by Crippen LogP contribution is -2.02. The number of benzene rings is 1. The van der Waals surface area contributed by atoms with Crippen LogP contribution in [-0.4, -0.2) is 11.1 Å². The molecule has 2 aromatic rings. The number of hydrogen-bond acceptors (Lipinski definition) is 2. The Labute approximate surface area is 105 Å². The van der Waals surface area contributed by atoms with Crippen LogP contribution in [0.3, 0.4) is 0 Å². The largest absolute Gasteiger partial charge is 0.481 e. The second kappa shape index (κ2) is 5.15. The fourth-order valence-electron chi connectivity index (χ4n) is 1.80. The minimum Gasteiger partial charge on any atom is -0.481 e. The molecule has 0 bridgehead atoms. The Hall–Kier alpha value is -1.61. The molecule has 1 aromatic heterocycles. The summed E-state index contributed by atoms with van der Waals surface area (Å²) in [7, 11) is 0. The van der Waals surface area contributed by atoms with Crippen LogP contribution in [0.4, 0.5) is 0 Å². The summed E-state index contributed by atoms with van der Waals surface area (Å²) in [5, 5.41) is 10.8. The van der Waals surface area contributed by atoms with Gasteiger partial charge in [0.15, 0.2) is 0 Å². The molecule has 0 aliphatic rings. The molecule has 0 saturated heterocycles. The Morgan fingerprint density at radius 1 is 1.29 bits per heavy atom. The highest BCUT2D eigenvalue weighted by Gasteiger charge is 2.10. The van der Waals surface area contributed by atoms with Crippen LogP contribution < -0.4 is 0 Å². The smallest absolute Gasteiger partial charge is 0.303 e. The van der Waals surface area contributed by atoms with Crippen LogP contribution in [-0.2, 0) is 4.79 Å². The summed E-state index contributed by atoms with van der Waals surface area (Å²) < 4.78 is 0. The molecule has 0 spiro atoms. The second-order valence-electron chi connectivity index (χ2n) is 4.10. The van der Waals surface area contributed by atoms with Crippen LogP contribution in [0.2, 0.25) is 0 Å². The second-order valence-corrected chi connectivity index (χ2v) is 5.05. The average molecular weight is 246 g/mol. The maximum Gasteiger partial charge on any atom is 0.303 e. The molecule has 0 amide bonds. The van der Waals surface area contributed by atoms with Crippen molar-refractivity contribution in [2.24, 2.45) is 0 Å². The summed E-state index contributed by atoms with van der Waals surface area (Å²) in [5.41, 5.74) is 2.26. The van der Waals surface area contributed by atoms with Gasteiger partial charge in [-0.15, -0.1) is 11.3 Å². The zero-order valence-corrected chi connectivity index (χ0v) is 10.4. The van der Waals surface area contributed by atoms with E-state index >= 15 is 0 Å². The fourth-order valence-corrected chi connectivity index (χ4v) is 2.53. The highest BCUT2D eigenvalue weighted by atomic mass is 32.1. The number of rotatable bonds is 4. The topological polar surface area (TPSA) is 37.3 Å². The molecule has 2 nitrogen and oxygen atoms in total. The van der Waals surface area contributed by atoms with Gasteiger partial charge in [0.1, 0.15) is 0 Å². The normalized spacial score (nSPS) is 12.3. The van der Waals surface area contributed by atoms with Gasteiger partial charge in [-0.3, -0.25) is 4.79 Å². The maximum absolute atomic E-state index is 10.6.